The van der Waals surface area contributed by atoms with Crippen molar-refractivity contribution in [3.05, 3.63) is 82.6 Å². The second-order valence-corrected chi connectivity index (χ2v) is 6.34. The minimum Gasteiger partial charge on any atom is -0.497 e. The van der Waals surface area contributed by atoms with E-state index in [-0.39, 0.29) is 0 Å². The molecule has 3 aromatic rings. The zero-order valence-corrected chi connectivity index (χ0v) is 14.9. The molecule has 132 valence electrons. The summed E-state index contributed by atoms with van der Waals surface area (Å²) in [6.07, 6.45) is -1.05. The van der Waals surface area contributed by atoms with Gasteiger partial charge >= 0.3 is 5.97 Å². The highest BCUT2D eigenvalue weighted by molar-refractivity contribution is 7.11. The highest BCUT2D eigenvalue weighted by Gasteiger charge is 2.26. The van der Waals surface area contributed by atoms with Crippen LogP contribution in [0.15, 0.2) is 72.1 Å². The van der Waals surface area contributed by atoms with Gasteiger partial charge in [-0.25, -0.2) is 4.79 Å². The Bertz CT molecular complexity index is 861. The maximum atomic E-state index is 12.8. The molecule has 0 saturated heterocycles. The molecular weight excluding hydrogens is 350 g/mol. The van der Waals surface area contributed by atoms with Gasteiger partial charge in [-0.1, -0.05) is 36.4 Å². The van der Waals surface area contributed by atoms with Crippen molar-refractivity contribution in [1.29, 1.82) is 0 Å². The Morgan fingerprint density at radius 1 is 0.962 bits per heavy atom. The number of nitrogens with one attached hydrogen (secondary N) is 1. The quantitative estimate of drug-likeness (QED) is 0.660. The van der Waals surface area contributed by atoms with Gasteiger partial charge < -0.3 is 14.8 Å². The van der Waals surface area contributed by atoms with Gasteiger partial charge in [0.1, 0.15) is 10.6 Å². The van der Waals surface area contributed by atoms with Crippen molar-refractivity contribution in [2.45, 2.75) is 6.10 Å². The number of hydrogen-bond donors (Lipinski definition) is 1. The van der Waals surface area contributed by atoms with Crippen LogP contribution in [0.5, 0.6) is 5.75 Å². The topological polar surface area (TPSA) is 64.6 Å². The molecule has 1 unspecified atom stereocenters. The van der Waals surface area contributed by atoms with Gasteiger partial charge in [-0.05, 0) is 35.7 Å². The van der Waals surface area contributed by atoms with Crippen molar-refractivity contribution in [3.8, 4) is 5.75 Å². The Hall–Kier alpha value is -3.12. The standard InChI is InChI=1S/C20H17NO4S/c1-24-16-11-9-15(10-12-16)21-19(22)18(14-6-3-2-4-7-14)25-20(23)17-8-5-13-26-17/h2-13,18H,1H3,(H,21,22). The molecule has 0 aliphatic carbocycles. The van der Waals surface area contributed by atoms with Crippen LogP contribution in [-0.4, -0.2) is 19.0 Å². The van der Waals surface area contributed by atoms with E-state index < -0.39 is 18.0 Å². The van der Waals surface area contributed by atoms with Gasteiger partial charge in [0.2, 0.25) is 6.10 Å². The smallest absolute Gasteiger partial charge is 0.349 e. The number of ether oxygens (including phenoxy) is 2. The Kier molecular flexibility index (Phi) is 5.66. The number of hydrogen-bond acceptors (Lipinski definition) is 5. The van der Waals surface area contributed by atoms with Gasteiger partial charge in [0.05, 0.1) is 7.11 Å². The first-order valence-corrected chi connectivity index (χ1v) is 8.79. The minimum absolute atomic E-state index is 0.425. The summed E-state index contributed by atoms with van der Waals surface area (Å²) in [5.41, 5.74) is 1.19. The van der Waals surface area contributed by atoms with Crippen molar-refractivity contribution < 1.29 is 19.1 Å². The van der Waals surface area contributed by atoms with Gasteiger partial charge in [-0.3, -0.25) is 4.79 Å². The summed E-state index contributed by atoms with van der Waals surface area (Å²) in [5, 5.41) is 4.56. The van der Waals surface area contributed by atoms with E-state index in [2.05, 4.69) is 5.32 Å². The zero-order chi connectivity index (χ0) is 18.4. The molecule has 0 aliphatic rings. The molecule has 1 N–H and O–H groups in total. The van der Waals surface area contributed by atoms with Crippen molar-refractivity contribution >= 4 is 28.9 Å². The van der Waals surface area contributed by atoms with Gasteiger partial charge in [0.25, 0.3) is 5.91 Å². The first-order valence-electron chi connectivity index (χ1n) is 7.92. The molecule has 0 aliphatic heterocycles. The van der Waals surface area contributed by atoms with E-state index in [1.54, 1.807) is 73.2 Å². The molecule has 0 fully saturated rings. The molecule has 1 amide bonds. The fraction of sp³-hybridized carbons (Fsp3) is 0.100. The van der Waals surface area contributed by atoms with E-state index >= 15 is 0 Å². The Morgan fingerprint density at radius 2 is 1.69 bits per heavy atom. The SMILES string of the molecule is COc1ccc(NC(=O)C(OC(=O)c2cccs2)c2ccccc2)cc1. The number of anilines is 1. The van der Waals surface area contributed by atoms with Crippen LogP contribution in [0.1, 0.15) is 21.3 Å². The molecule has 0 radical (unpaired) electrons. The molecule has 0 bridgehead atoms. The first kappa shape index (κ1) is 17.7. The number of carbonyl (C=O) groups is 2. The van der Waals surface area contributed by atoms with Crippen molar-refractivity contribution in [2.24, 2.45) is 0 Å². The minimum atomic E-state index is -1.05. The number of benzene rings is 2. The highest BCUT2D eigenvalue weighted by atomic mass is 32.1. The summed E-state index contributed by atoms with van der Waals surface area (Å²) in [4.78, 5) is 25.5. The second-order valence-electron chi connectivity index (χ2n) is 5.39. The van der Waals surface area contributed by atoms with Crippen molar-refractivity contribution in [3.63, 3.8) is 0 Å². The third-order valence-electron chi connectivity index (χ3n) is 3.65. The summed E-state index contributed by atoms with van der Waals surface area (Å²) in [6, 6.07) is 19.3. The largest absolute Gasteiger partial charge is 0.497 e. The molecule has 1 heterocycles. The number of amides is 1. The summed E-state index contributed by atoms with van der Waals surface area (Å²) in [6.45, 7) is 0. The van der Waals surface area contributed by atoms with Crippen LogP contribution in [0, 0.1) is 0 Å². The van der Waals surface area contributed by atoms with E-state index in [1.165, 1.54) is 11.3 Å². The number of methoxy groups -OCH3 is 1. The predicted molar refractivity (Wildman–Crippen MR) is 101 cm³/mol. The first-order chi connectivity index (χ1) is 12.7. The van der Waals surface area contributed by atoms with Crippen LogP contribution in [0.2, 0.25) is 0 Å². The molecule has 1 aromatic heterocycles. The van der Waals surface area contributed by atoms with E-state index in [9.17, 15) is 9.59 Å². The van der Waals surface area contributed by atoms with E-state index in [1.807, 2.05) is 6.07 Å². The third-order valence-corrected chi connectivity index (χ3v) is 4.50. The maximum Gasteiger partial charge on any atom is 0.349 e. The molecule has 0 spiro atoms. The number of carbonyl (C=O) groups excluding carboxylic acids is 2. The fourth-order valence-electron chi connectivity index (χ4n) is 2.34. The molecule has 1 atom stereocenters. The molecule has 5 nitrogen and oxygen atoms in total. The number of rotatable bonds is 6. The monoisotopic (exact) mass is 367 g/mol. The molecule has 6 heteroatoms. The highest BCUT2D eigenvalue weighted by Crippen LogP contribution is 2.23. The normalized spacial score (nSPS) is 11.4. The molecule has 0 saturated carbocycles. The lowest BCUT2D eigenvalue weighted by Crippen LogP contribution is -2.25. The number of thiophene rings is 1. The number of esters is 1. The molecule has 2 aromatic carbocycles. The third kappa shape index (κ3) is 4.29. The predicted octanol–water partition coefficient (Wildman–Crippen LogP) is 4.29. The lowest BCUT2D eigenvalue weighted by Gasteiger charge is -2.18. The van der Waals surface area contributed by atoms with E-state index in [4.69, 9.17) is 9.47 Å². The summed E-state index contributed by atoms with van der Waals surface area (Å²) < 4.78 is 10.6. The second kappa shape index (κ2) is 8.31. The molecule has 26 heavy (non-hydrogen) atoms. The van der Waals surface area contributed by atoms with Crippen molar-refractivity contribution in [1.82, 2.24) is 0 Å². The summed E-state index contributed by atoms with van der Waals surface area (Å²) in [5.74, 6) is -0.267. The van der Waals surface area contributed by atoms with Crippen molar-refractivity contribution in [2.75, 3.05) is 12.4 Å². The van der Waals surface area contributed by atoms with Crippen LogP contribution < -0.4 is 10.1 Å². The average Bonchev–Trinajstić information content (AvgIpc) is 3.22. The van der Waals surface area contributed by atoms with Crippen LogP contribution in [0.3, 0.4) is 0 Å². The molecular formula is C20H17NO4S. The van der Waals surface area contributed by atoms with E-state index in [0.717, 1.165) is 0 Å². The van der Waals surface area contributed by atoms with Crippen LogP contribution in [0.25, 0.3) is 0 Å². The average molecular weight is 367 g/mol. The zero-order valence-electron chi connectivity index (χ0n) is 14.0. The van der Waals surface area contributed by atoms with Gasteiger partial charge in [-0.2, -0.15) is 0 Å². The Labute approximate surface area is 155 Å². The lowest BCUT2D eigenvalue weighted by atomic mass is 10.1. The maximum absolute atomic E-state index is 12.8. The Morgan fingerprint density at radius 3 is 2.31 bits per heavy atom. The van der Waals surface area contributed by atoms with Crippen LogP contribution in [-0.2, 0) is 9.53 Å². The van der Waals surface area contributed by atoms with Crippen LogP contribution in [0.4, 0.5) is 5.69 Å². The summed E-state index contributed by atoms with van der Waals surface area (Å²) >= 11 is 1.27. The lowest BCUT2D eigenvalue weighted by molar-refractivity contribution is -0.125. The van der Waals surface area contributed by atoms with E-state index in [0.29, 0.717) is 21.9 Å². The van der Waals surface area contributed by atoms with Gasteiger partial charge in [-0.15, -0.1) is 11.3 Å². The summed E-state index contributed by atoms with van der Waals surface area (Å²) in [7, 11) is 1.57. The van der Waals surface area contributed by atoms with Gasteiger partial charge in [0, 0.05) is 11.3 Å². The van der Waals surface area contributed by atoms with Crippen LogP contribution >= 0.6 is 11.3 Å². The fourth-order valence-corrected chi connectivity index (χ4v) is 2.95. The Balaban J connectivity index is 1.80. The van der Waals surface area contributed by atoms with Gasteiger partial charge in [0.15, 0.2) is 0 Å². The molecule has 3 rings (SSSR count).